The molecule has 0 aliphatic carbocycles. The molecule has 4 heteroatoms. The summed E-state index contributed by atoms with van der Waals surface area (Å²) in [5, 5.41) is 0. The highest BCUT2D eigenvalue weighted by molar-refractivity contribution is 6.16. The second kappa shape index (κ2) is 5.15. The lowest BCUT2D eigenvalue weighted by atomic mass is 10.2. The molecule has 0 N–H and O–H groups in total. The topological polar surface area (TPSA) is 16.1 Å². The number of para-hydroxylation sites is 1. The molecule has 1 aromatic carbocycles. The van der Waals surface area contributed by atoms with Gasteiger partial charge in [0.05, 0.1) is 17.3 Å². The predicted molar refractivity (Wildman–Crippen MR) is 68.3 cm³/mol. The Kier molecular flexibility index (Phi) is 3.59. The van der Waals surface area contributed by atoms with Crippen LogP contribution < -0.4 is 4.90 Å². The maximum absolute atomic E-state index is 13.6. The summed E-state index contributed by atoms with van der Waals surface area (Å²) in [6, 6.07) is 12.1. The van der Waals surface area contributed by atoms with E-state index in [0.29, 0.717) is 17.4 Å². The molecule has 1 heterocycles. The third-order valence-corrected chi connectivity index (χ3v) is 2.76. The molecule has 0 radical (unpaired) electrons. The van der Waals surface area contributed by atoms with Crippen molar-refractivity contribution in [2.75, 3.05) is 11.9 Å². The van der Waals surface area contributed by atoms with Gasteiger partial charge in [-0.05, 0) is 24.3 Å². The second-order valence-corrected chi connectivity index (χ2v) is 3.90. The Bertz CT molecular complexity index is 516. The summed E-state index contributed by atoms with van der Waals surface area (Å²) in [4.78, 5) is 6.04. The highest BCUT2D eigenvalue weighted by atomic mass is 35.5. The van der Waals surface area contributed by atoms with Gasteiger partial charge in [0.2, 0.25) is 0 Å². The molecule has 2 aromatic rings. The van der Waals surface area contributed by atoms with Crippen LogP contribution in [-0.2, 0) is 5.88 Å². The molecule has 0 aliphatic rings. The fourth-order valence-corrected chi connectivity index (χ4v) is 1.72. The maximum atomic E-state index is 13.6. The number of benzene rings is 1. The number of rotatable bonds is 3. The first-order valence-electron chi connectivity index (χ1n) is 5.22. The Balaban J connectivity index is 2.37. The number of alkyl halides is 1. The zero-order valence-corrected chi connectivity index (χ0v) is 10.2. The Morgan fingerprint density at radius 2 is 1.94 bits per heavy atom. The van der Waals surface area contributed by atoms with Gasteiger partial charge in [0.1, 0.15) is 11.6 Å². The van der Waals surface area contributed by atoms with E-state index in [9.17, 15) is 4.39 Å². The first-order chi connectivity index (χ1) is 8.22. The number of nitrogens with zero attached hydrogens (tertiary/aromatic N) is 2. The normalized spacial score (nSPS) is 10.3. The first kappa shape index (κ1) is 11.9. The van der Waals surface area contributed by atoms with Gasteiger partial charge in [-0.1, -0.05) is 18.2 Å². The Morgan fingerprint density at radius 1 is 1.18 bits per heavy atom. The molecule has 0 aliphatic heterocycles. The summed E-state index contributed by atoms with van der Waals surface area (Å²) in [5.74, 6) is 0.750. The van der Waals surface area contributed by atoms with Gasteiger partial charge in [0.15, 0.2) is 0 Å². The molecule has 0 atom stereocenters. The van der Waals surface area contributed by atoms with Crippen LogP contribution in [0.5, 0.6) is 0 Å². The molecule has 0 spiro atoms. The van der Waals surface area contributed by atoms with Crippen LogP contribution in [0.4, 0.5) is 15.9 Å². The lowest BCUT2D eigenvalue weighted by Gasteiger charge is -2.19. The summed E-state index contributed by atoms with van der Waals surface area (Å²) in [6.07, 6.45) is 0. The SMILES string of the molecule is CN(c1cccc(CCl)n1)c1ccccc1F. The van der Waals surface area contributed by atoms with Crippen LogP contribution in [0.1, 0.15) is 5.69 Å². The van der Waals surface area contributed by atoms with Crippen molar-refractivity contribution >= 4 is 23.1 Å². The molecule has 17 heavy (non-hydrogen) atoms. The molecule has 2 rings (SSSR count). The van der Waals surface area contributed by atoms with Gasteiger partial charge in [-0.25, -0.2) is 9.37 Å². The minimum absolute atomic E-state index is 0.270. The molecule has 0 amide bonds. The maximum Gasteiger partial charge on any atom is 0.146 e. The standard InChI is InChI=1S/C13H12ClFN2/c1-17(12-7-3-2-6-11(12)15)13-8-4-5-10(9-14)16-13/h2-8H,9H2,1H3. The van der Waals surface area contributed by atoms with Gasteiger partial charge < -0.3 is 4.90 Å². The van der Waals surface area contributed by atoms with Crippen molar-refractivity contribution in [1.82, 2.24) is 4.98 Å². The van der Waals surface area contributed by atoms with E-state index in [-0.39, 0.29) is 5.82 Å². The van der Waals surface area contributed by atoms with E-state index in [2.05, 4.69) is 4.98 Å². The average Bonchev–Trinajstić information content (AvgIpc) is 2.38. The van der Waals surface area contributed by atoms with E-state index in [0.717, 1.165) is 5.69 Å². The van der Waals surface area contributed by atoms with E-state index in [1.54, 1.807) is 30.1 Å². The van der Waals surface area contributed by atoms with Crippen molar-refractivity contribution in [2.45, 2.75) is 5.88 Å². The number of hydrogen-bond donors (Lipinski definition) is 0. The van der Waals surface area contributed by atoms with Crippen LogP contribution >= 0.6 is 11.6 Å². The van der Waals surface area contributed by atoms with E-state index >= 15 is 0 Å². The number of hydrogen-bond acceptors (Lipinski definition) is 2. The molecule has 0 saturated heterocycles. The van der Waals surface area contributed by atoms with Gasteiger partial charge in [-0.3, -0.25) is 0 Å². The fraction of sp³-hybridized carbons (Fsp3) is 0.154. The number of pyridine rings is 1. The highest BCUT2D eigenvalue weighted by Gasteiger charge is 2.09. The van der Waals surface area contributed by atoms with Crippen molar-refractivity contribution in [3.05, 3.63) is 54.0 Å². The summed E-state index contributed by atoms with van der Waals surface area (Å²) < 4.78 is 13.6. The number of anilines is 2. The van der Waals surface area contributed by atoms with Crippen LogP contribution in [0.25, 0.3) is 0 Å². The fourth-order valence-electron chi connectivity index (χ4n) is 1.58. The molecule has 0 unspecified atom stereocenters. The smallest absolute Gasteiger partial charge is 0.146 e. The Hall–Kier alpha value is -1.61. The van der Waals surface area contributed by atoms with Crippen LogP contribution in [0.3, 0.4) is 0 Å². The van der Waals surface area contributed by atoms with Crippen LogP contribution in [-0.4, -0.2) is 12.0 Å². The van der Waals surface area contributed by atoms with Crippen molar-refractivity contribution in [3.8, 4) is 0 Å². The minimum atomic E-state index is -0.270. The third kappa shape index (κ3) is 2.56. The van der Waals surface area contributed by atoms with Crippen LogP contribution in [0.2, 0.25) is 0 Å². The molecule has 0 saturated carbocycles. The summed E-state index contributed by atoms with van der Waals surface area (Å²) in [5.41, 5.74) is 1.26. The molecule has 88 valence electrons. The van der Waals surface area contributed by atoms with Crippen molar-refractivity contribution in [1.29, 1.82) is 0 Å². The summed E-state index contributed by atoms with van der Waals surface area (Å²) in [6.45, 7) is 0. The predicted octanol–water partition coefficient (Wildman–Crippen LogP) is 3.73. The molecule has 0 fully saturated rings. The first-order valence-corrected chi connectivity index (χ1v) is 5.76. The van der Waals surface area contributed by atoms with Crippen molar-refractivity contribution in [2.24, 2.45) is 0 Å². The highest BCUT2D eigenvalue weighted by Crippen LogP contribution is 2.24. The van der Waals surface area contributed by atoms with Gasteiger partial charge in [0.25, 0.3) is 0 Å². The average molecular weight is 251 g/mol. The van der Waals surface area contributed by atoms with Gasteiger partial charge >= 0.3 is 0 Å². The lowest BCUT2D eigenvalue weighted by molar-refractivity contribution is 0.627. The lowest BCUT2D eigenvalue weighted by Crippen LogP contribution is -2.13. The van der Waals surface area contributed by atoms with E-state index < -0.39 is 0 Å². The number of halogens is 2. The van der Waals surface area contributed by atoms with Crippen LogP contribution in [0, 0.1) is 5.82 Å². The molecule has 1 aromatic heterocycles. The Morgan fingerprint density at radius 3 is 2.65 bits per heavy atom. The molecular weight excluding hydrogens is 239 g/mol. The van der Waals surface area contributed by atoms with Crippen molar-refractivity contribution in [3.63, 3.8) is 0 Å². The summed E-state index contributed by atoms with van der Waals surface area (Å²) >= 11 is 5.73. The summed E-state index contributed by atoms with van der Waals surface area (Å²) in [7, 11) is 1.78. The van der Waals surface area contributed by atoms with E-state index in [1.807, 2.05) is 18.2 Å². The monoisotopic (exact) mass is 250 g/mol. The molecular formula is C13H12ClFN2. The molecule has 0 bridgehead atoms. The minimum Gasteiger partial charge on any atom is -0.327 e. The second-order valence-electron chi connectivity index (χ2n) is 3.63. The zero-order chi connectivity index (χ0) is 12.3. The van der Waals surface area contributed by atoms with Crippen molar-refractivity contribution < 1.29 is 4.39 Å². The molecule has 2 nitrogen and oxygen atoms in total. The largest absolute Gasteiger partial charge is 0.327 e. The van der Waals surface area contributed by atoms with E-state index in [4.69, 9.17) is 11.6 Å². The third-order valence-electron chi connectivity index (χ3n) is 2.49. The van der Waals surface area contributed by atoms with Gasteiger partial charge in [-0.2, -0.15) is 0 Å². The quantitative estimate of drug-likeness (QED) is 0.772. The van der Waals surface area contributed by atoms with Gasteiger partial charge in [0, 0.05) is 7.05 Å². The van der Waals surface area contributed by atoms with Crippen LogP contribution in [0.15, 0.2) is 42.5 Å². The zero-order valence-electron chi connectivity index (χ0n) is 9.40. The number of aromatic nitrogens is 1. The van der Waals surface area contributed by atoms with E-state index in [1.165, 1.54) is 6.07 Å². The van der Waals surface area contributed by atoms with Gasteiger partial charge in [-0.15, -0.1) is 11.6 Å². The Labute approximate surface area is 105 Å².